The molecule has 2 amide bonds. The summed E-state index contributed by atoms with van der Waals surface area (Å²) in [6.07, 6.45) is 0. The highest BCUT2D eigenvalue weighted by Gasteiger charge is 2.25. The van der Waals surface area contributed by atoms with Crippen molar-refractivity contribution in [3.05, 3.63) is 30.3 Å². The van der Waals surface area contributed by atoms with Crippen molar-refractivity contribution in [3.63, 3.8) is 0 Å². The average molecular weight is 233 g/mol. The number of likely N-dealkylation sites (N-methyl/N-ethyl adjacent to an activating group) is 1. The predicted molar refractivity (Wildman–Crippen MR) is 69.1 cm³/mol. The van der Waals surface area contributed by atoms with Gasteiger partial charge in [0.15, 0.2) is 0 Å². The summed E-state index contributed by atoms with van der Waals surface area (Å²) in [6, 6.07) is 9.84. The number of benzene rings is 1. The number of amides is 2. The summed E-state index contributed by atoms with van der Waals surface area (Å²) in [6.45, 7) is 4.74. The Morgan fingerprint density at radius 1 is 1.29 bits per heavy atom. The second-order valence-electron chi connectivity index (χ2n) is 4.60. The van der Waals surface area contributed by atoms with Crippen molar-refractivity contribution in [1.82, 2.24) is 9.80 Å². The lowest BCUT2D eigenvalue weighted by Crippen LogP contribution is -2.53. The van der Waals surface area contributed by atoms with Crippen molar-refractivity contribution < 1.29 is 4.79 Å². The highest BCUT2D eigenvalue weighted by Crippen LogP contribution is 2.11. The van der Waals surface area contributed by atoms with E-state index in [-0.39, 0.29) is 12.1 Å². The van der Waals surface area contributed by atoms with Gasteiger partial charge in [0.25, 0.3) is 0 Å². The second-order valence-corrected chi connectivity index (χ2v) is 4.60. The molecule has 2 rings (SSSR count). The van der Waals surface area contributed by atoms with Crippen molar-refractivity contribution in [3.8, 4) is 0 Å². The lowest BCUT2D eigenvalue weighted by molar-refractivity contribution is 0.125. The van der Waals surface area contributed by atoms with E-state index in [0.29, 0.717) is 0 Å². The Hall–Kier alpha value is -1.55. The first-order chi connectivity index (χ1) is 8.16. The van der Waals surface area contributed by atoms with Crippen LogP contribution in [0.5, 0.6) is 0 Å². The van der Waals surface area contributed by atoms with Gasteiger partial charge in [0, 0.05) is 31.4 Å². The summed E-state index contributed by atoms with van der Waals surface area (Å²) in [5.74, 6) is 0. The molecule has 1 aliphatic heterocycles. The number of anilines is 1. The normalized spacial score (nSPS) is 21.3. The number of para-hydroxylation sites is 1. The first-order valence-corrected chi connectivity index (χ1v) is 5.98. The first-order valence-electron chi connectivity index (χ1n) is 5.98. The van der Waals surface area contributed by atoms with Gasteiger partial charge in [-0.2, -0.15) is 0 Å². The monoisotopic (exact) mass is 233 g/mol. The Balaban J connectivity index is 1.96. The molecular formula is C13H19N3O. The van der Waals surface area contributed by atoms with Gasteiger partial charge < -0.3 is 15.1 Å². The van der Waals surface area contributed by atoms with E-state index in [4.69, 9.17) is 0 Å². The Morgan fingerprint density at radius 2 is 2.00 bits per heavy atom. The molecule has 1 N–H and O–H groups in total. The fraction of sp³-hybridized carbons (Fsp3) is 0.462. The van der Waals surface area contributed by atoms with Crippen molar-refractivity contribution in [2.75, 3.05) is 32.0 Å². The third kappa shape index (κ3) is 2.97. The average Bonchev–Trinajstić information content (AvgIpc) is 2.30. The molecule has 1 fully saturated rings. The molecule has 0 radical (unpaired) electrons. The van der Waals surface area contributed by atoms with Crippen LogP contribution in [-0.2, 0) is 0 Å². The van der Waals surface area contributed by atoms with Gasteiger partial charge in [0.1, 0.15) is 0 Å². The zero-order valence-corrected chi connectivity index (χ0v) is 10.4. The van der Waals surface area contributed by atoms with Crippen molar-refractivity contribution in [2.45, 2.75) is 13.0 Å². The van der Waals surface area contributed by atoms with Crippen LogP contribution in [0.1, 0.15) is 6.92 Å². The molecule has 1 saturated heterocycles. The van der Waals surface area contributed by atoms with Crippen LogP contribution in [0.15, 0.2) is 30.3 Å². The topological polar surface area (TPSA) is 35.6 Å². The van der Waals surface area contributed by atoms with Gasteiger partial charge in [-0.1, -0.05) is 18.2 Å². The number of urea groups is 1. The van der Waals surface area contributed by atoms with Gasteiger partial charge in [-0.15, -0.1) is 0 Å². The minimum atomic E-state index is -0.00296. The standard InChI is InChI=1S/C13H19N3O/c1-11-10-15(2)8-9-16(11)13(17)14-12-6-4-3-5-7-12/h3-7,11H,8-10H2,1-2H3,(H,14,17). The number of nitrogens with one attached hydrogen (secondary N) is 1. The summed E-state index contributed by atoms with van der Waals surface area (Å²) in [5.41, 5.74) is 0.851. The fourth-order valence-electron chi connectivity index (χ4n) is 2.16. The van der Waals surface area contributed by atoms with Crippen LogP contribution in [0.25, 0.3) is 0 Å². The summed E-state index contributed by atoms with van der Waals surface area (Å²) < 4.78 is 0. The molecule has 1 aromatic rings. The van der Waals surface area contributed by atoms with Gasteiger partial charge >= 0.3 is 6.03 Å². The first kappa shape index (κ1) is 11.9. The third-order valence-electron chi connectivity index (χ3n) is 3.12. The smallest absolute Gasteiger partial charge is 0.319 e. The van der Waals surface area contributed by atoms with E-state index >= 15 is 0 Å². The molecule has 0 bridgehead atoms. The van der Waals surface area contributed by atoms with Crippen molar-refractivity contribution in [1.29, 1.82) is 0 Å². The highest BCUT2D eigenvalue weighted by atomic mass is 16.2. The summed E-state index contributed by atoms with van der Waals surface area (Å²) in [4.78, 5) is 16.2. The Kier molecular flexibility index (Phi) is 3.64. The molecule has 0 aromatic heterocycles. The molecule has 0 saturated carbocycles. The van der Waals surface area contributed by atoms with E-state index in [0.717, 1.165) is 25.3 Å². The Bertz CT molecular complexity index is 380. The lowest BCUT2D eigenvalue weighted by atomic mass is 10.2. The fourth-order valence-corrected chi connectivity index (χ4v) is 2.16. The van der Waals surface area contributed by atoms with Crippen LogP contribution in [0.2, 0.25) is 0 Å². The van der Waals surface area contributed by atoms with E-state index in [1.807, 2.05) is 35.2 Å². The molecule has 0 spiro atoms. The molecule has 92 valence electrons. The Morgan fingerprint density at radius 3 is 2.65 bits per heavy atom. The number of nitrogens with zero attached hydrogens (tertiary/aromatic N) is 2. The van der Waals surface area contributed by atoms with E-state index in [2.05, 4.69) is 24.2 Å². The molecule has 4 heteroatoms. The maximum Gasteiger partial charge on any atom is 0.322 e. The number of rotatable bonds is 1. The van der Waals surface area contributed by atoms with E-state index in [9.17, 15) is 4.79 Å². The van der Waals surface area contributed by atoms with Gasteiger partial charge in [0.2, 0.25) is 0 Å². The maximum absolute atomic E-state index is 12.1. The third-order valence-corrected chi connectivity index (χ3v) is 3.12. The molecule has 1 aliphatic rings. The summed E-state index contributed by atoms with van der Waals surface area (Å²) in [5, 5.41) is 2.93. The lowest BCUT2D eigenvalue weighted by Gasteiger charge is -2.38. The van der Waals surface area contributed by atoms with E-state index < -0.39 is 0 Å². The number of piperazine rings is 1. The van der Waals surface area contributed by atoms with Gasteiger partial charge in [-0.25, -0.2) is 4.79 Å². The van der Waals surface area contributed by atoms with E-state index in [1.54, 1.807) is 0 Å². The van der Waals surface area contributed by atoms with Gasteiger partial charge in [-0.3, -0.25) is 0 Å². The van der Waals surface area contributed by atoms with Crippen LogP contribution in [0, 0.1) is 0 Å². The van der Waals surface area contributed by atoms with Crippen LogP contribution in [0.3, 0.4) is 0 Å². The SMILES string of the molecule is CC1CN(C)CCN1C(=O)Nc1ccccc1. The van der Waals surface area contributed by atoms with Crippen LogP contribution in [0.4, 0.5) is 10.5 Å². The molecule has 1 heterocycles. The molecular weight excluding hydrogens is 214 g/mol. The Labute approximate surface area is 102 Å². The summed E-state index contributed by atoms with van der Waals surface area (Å²) >= 11 is 0. The molecule has 1 aromatic carbocycles. The van der Waals surface area contributed by atoms with E-state index in [1.165, 1.54) is 0 Å². The minimum absolute atomic E-state index is 0.00296. The largest absolute Gasteiger partial charge is 0.322 e. The number of hydrogen-bond donors (Lipinski definition) is 1. The van der Waals surface area contributed by atoms with Crippen LogP contribution >= 0.6 is 0 Å². The molecule has 0 aliphatic carbocycles. The summed E-state index contributed by atoms with van der Waals surface area (Å²) in [7, 11) is 2.09. The maximum atomic E-state index is 12.1. The number of carbonyl (C=O) groups is 1. The highest BCUT2D eigenvalue weighted by molar-refractivity contribution is 5.89. The van der Waals surface area contributed by atoms with Gasteiger partial charge in [0.05, 0.1) is 0 Å². The molecule has 17 heavy (non-hydrogen) atoms. The molecule has 1 atom stereocenters. The van der Waals surface area contributed by atoms with Gasteiger partial charge in [-0.05, 0) is 26.1 Å². The molecule has 1 unspecified atom stereocenters. The van der Waals surface area contributed by atoms with Crippen LogP contribution < -0.4 is 5.32 Å². The zero-order chi connectivity index (χ0) is 12.3. The van der Waals surface area contributed by atoms with Crippen LogP contribution in [-0.4, -0.2) is 48.6 Å². The number of hydrogen-bond acceptors (Lipinski definition) is 2. The predicted octanol–water partition coefficient (Wildman–Crippen LogP) is 1.85. The van der Waals surface area contributed by atoms with Crippen molar-refractivity contribution >= 4 is 11.7 Å². The zero-order valence-electron chi connectivity index (χ0n) is 10.4. The quantitative estimate of drug-likeness (QED) is 0.803. The minimum Gasteiger partial charge on any atom is -0.319 e. The van der Waals surface area contributed by atoms with Crippen molar-refractivity contribution in [2.24, 2.45) is 0 Å². The second kappa shape index (κ2) is 5.19. The molecule has 4 nitrogen and oxygen atoms in total. The number of carbonyl (C=O) groups excluding carboxylic acids is 1.